The van der Waals surface area contributed by atoms with Gasteiger partial charge in [-0.15, -0.1) is 0 Å². The summed E-state index contributed by atoms with van der Waals surface area (Å²) in [5, 5.41) is 0.530. The van der Waals surface area contributed by atoms with Gasteiger partial charge in [0, 0.05) is 21.7 Å². The van der Waals surface area contributed by atoms with E-state index < -0.39 is 21.7 Å². The summed E-state index contributed by atoms with van der Waals surface area (Å²) in [6, 6.07) is 15.7. The second kappa shape index (κ2) is 8.24. The Bertz CT molecular complexity index is 1210. The van der Waals surface area contributed by atoms with E-state index in [9.17, 15) is 18.0 Å². The van der Waals surface area contributed by atoms with Crippen molar-refractivity contribution in [2.24, 2.45) is 5.73 Å². The molecule has 0 fully saturated rings. The Kier molecular flexibility index (Phi) is 5.93. The van der Waals surface area contributed by atoms with Crippen LogP contribution in [0.2, 0.25) is 10.0 Å². The molecule has 0 heterocycles. The predicted molar refractivity (Wildman–Crippen MR) is 112 cm³/mol. The van der Waals surface area contributed by atoms with Crippen molar-refractivity contribution in [2.45, 2.75) is 4.90 Å². The molecule has 29 heavy (non-hydrogen) atoms. The van der Waals surface area contributed by atoms with E-state index in [0.29, 0.717) is 5.02 Å². The van der Waals surface area contributed by atoms with Gasteiger partial charge in [0.1, 0.15) is 0 Å². The Morgan fingerprint density at radius 1 is 0.862 bits per heavy atom. The number of halogens is 2. The summed E-state index contributed by atoms with van der Waals surface area (Å²) in [7, 11) is -4.02. The number of carbonyl (C=O) groups excluding carboxylic acids is 2. The summed E-state index contributed by atoms with van der Waals surface area (Å²) in [6.45, 7) is 0. The number of sulfonamides is 1. The SMILES string of the molecule is NC(=O)c1ccc(S(=O)(=O)Nc2ccccc2C(=O)c2ccc(Cl)cc2Cl)cc1. The van der Waals surface area contributed by atoms with Gasteiger partial charge >= 0.3 is 0 Å². The minimum Gasteiger partial charge on any atom is -0.366 e. The average Bonchev–Trinajstić information content (AvgIpc) is 2.68. The van der Waals surface area contributed by atoms with Gasteiger partial charge in [0.05, 0.1) is 15.6 Å². The molecule has 0 atom stereocenters. The summed E-state index contributed by atoms with van der Waals surface area (Å²) in [5.74, 6) is -1.13. The lowest BCUT2D eigenvalue weighted by Gasteiger charge is -2.13. The van der Waals surface area contributed by atoms with Crippen molar-refractivity contribution in [3.05, 3.63) is 93.5 Å². The van der Waals surface area contributed by atoms with E-state index >= 15 is 0 Å². The van der Waals surface area contributed by atoms with Gasteiger partial charge in [-0.1, -0.05) is 35.3 Å². The van der Waals surface area contributed by atoms with Crippen LogP contribution in [-0.2, 0) is 10.0 Å². The predicted octanol–water partition coefficient (Wildman–Crippen LogP) is 4.12. The van der Waals surface area contributed by atoms with Crippen LogP contribution >= 0.6 is 23.2 Å². The summed E-state index contributed by atoms with van der Waals surface area (Å²) >= 11 is 12.0. The number of anilines is 1. The molecule has 148 valence electrons. The van der Waals surface area contributed by atoms with E-state index in [-0.39, 0.29) is 32.3 Å². The highest BCUT2D eigenvalue weighted by Crippen LogP contribution is 2.27. The van der Waals surface area contributed by atoms with Crippen LogP contribution in [0.1, 0.15) is 26.3 Å². The minimum absolute atomic E-state index is 0.0856. The lowest BCUT2D eigenvalue weighted by atomic mass is 10.0. The first-order chi connectivity index (χ1) is 13.7. The molecular weight excluding hydrogens is 435 g/mol. The van der Waals surface area contributed by atoms with Crippen molar-refractivity contribution in [1.29, 1.82) is 0 Å². The first-order valence-electron chi connectivity index (χ1n) is 8.20. The zero-order valence-corrected chi connectivity index (χ0v) is 17.1. The van der Waals surface area contributed by atoms with Crippen molar-refractivity contribution < 1.29 is 18.0 Å². The van der Waals surface area contributed by atoms with Gasteiger partial charge in [0.25, 0.3) is 10.0 Å². The highest BCUT2D eigenvalue weighted by atomic mass is 35.5. The molecule has 3 aromatic rings. The van der Waals surface area contributed by atoms with E-state index in [1.165, 1.54) is 54.6 Å². The van der Waals surface area contributed by atoms with Gasteiger partial charge in [-0.2, -0.15) is 0 Å². The Morgan fingerprint density at radius 3 is 2.14 bits per heavy atom. The number of ketones is 1. The molecule has 0 saturated heterocycles. The molecule has 0 aliphatic carbocycles. The van der Waals surface area contributed by atoms with Crippen molar-refractivity contribution in [2.75, 3.05) is 4.72 Å². The molecule has 0 unspecified atom stereocenters. The third kappa shape index (κ3) is 4.59. The molecule has 0 aliphatic heterocycles. The molecule has 0 bridgehead atoms. The van der Waals surface area contributed by atoms with E-state index in [1.54, 1.807) is 12.1 Å². The summed E-state index contributed by atoms with van der Waals surface area (Å²) < 4.78 is 27.8. The molecule has 0 aromatic heterocycles. The van der Waals surface area contributed by atoms with Crippen molar-refractivity contribution in [3.8, 4) is 0 Å². The maximum absolute atomic E-state index is 12.9. The van der Waals surface area contributed by atoms with Crippen LogP contribution in [0.4, 0.5) is 5.69 Å². The van der Waals surface area contributed by atoms with Crippen LogP contribution in [0.15, 0.2) is 71.6 Å². The summed E-state index contributed by atoms with van der Waals surface area (Å²) in [6.07, 6.45) is 0. The molecule has 6 nitrogen and oxygen atoms in total. The van der Waals surface area contributed by atoms with Gasteiger partial charge in [-0.25, -0.2) is 8.42 Å². The molecule has 3 rings (SSSR count). The zero-order valence-electron chi connectivity index (χ0n) is 14.7. The van der Waals surface area contributed by atoms with Crippen LogP contribution < -0.4 is 10.5 Å². The van der Waals surface area contributed by atoms with Crippen LogP contribution in [0.5, 0.6) is 0 Å². The number of nitrogens with two attached hydrogens (primary N) is 1. The first kappa shape index (κ1) is 20.9. The lowest BCUT2D eigenvalue weighted by Crippen LogP contribution is -2.17. The minimum atomic E-state index is -4.02. The Hall–Kier alpha value is -2.87. The fraction of sp³-hybridized carbons (Fsp3) is 0. The van der Waals surface area contributed by atoms with E-state index in [4.69, 9.17) is 28.9 Å². The highest BCUT2D eigenvalue weighted by molar-refractivity contribution is 7.92. The molecule has 0 spiro atoms. The van der Waals surface area contributed by atoms with Crippen LogP contribution in [0, 0.1) is 0 Å². The number of rotatable bonds is 6. The standard InChI is InChI=1S/C20H14Cl2N2O4S/c21-13-7-10-15(17(22)11-13)19(25)16-3-1-2-4-18(16)24-29(27,28)14-8-5-12(6-9-14)20(23)26/h1-11,24H,(H2,23,26). The zero-order chi connectivity index (χ0) is 21.2. The molecule has 3 N–H and O–H groups in total. The fourth-order valence-electron chi connectivity index (χ4n) is 2.59. The highest BCUT2D eigenvalue weighted by Gasteiger charge is 2.21. The van der Waals surface area contributed by atoms with Gasteiger partial charge in [0.15, 0.2) is 5.78 Å². The summed E-state index contributed by atoms with van der Waals surface area (Å²) in [5.41, 5.74) is 5.74. The van der Waals surface area contributed by atoms with Crippen molar-refractivity contribution in [3.63, 3.8) is 0 Å². The molecule has 0 radical (unpaired) electrons. The Labute approximate surface area is 177 Å². The number of carbonyl (C=O) groups is 2. The number of nitrogens with one attached hydrogen (secondary N) is 1. The summed E-state index contributed by atoms with van der Waals surface area (Å²) in [4.78, 5) is 24.0. The number of hydrogen-bond acceptors (Lipinski definition) is 4. The topological polar surface area (TPSA) is 106 Å². The van der Waals surface area contributed by atoms with Crippen molar-refractivity contribution in [1.82, 2.24) is 0 Å². The maximum atomic E-state index is 12.9. The Morgan fingerprint density at radius 2 is 1.52 bits per heavy atom. The van der Waals surface area contributed by atoms with Gasteiger partial charge in [0.2, 0.25) is 5.91 Å². The molecule has 0 aliphatic rings. The maximum Gasteiger partial charge on any atom is 0.261 e. The number of primary amides is 1. The second-order valence-electron chi connectivity index (χ2n) is 5.99. The molecule has 9 heteroatoms. The normalized spacial score (nSPS) is 11.1. The smallest absolute Gasteiger partial charge is 0.261 e. The van der Waals surface area contributed by atoms with Crippen LogP contribution in [-0.4, -0.2) is 20.1 Å². The quantitative estimate of drug-likeness (QED) is 0.552. The van der Waals surface area contributed by atoms with E-state index in [0.717, 1.165) is 0 Å². The third-order valence-corrected chi connectivity index (χ3v) is 5.97. The van der Waals surface area contributed by atoms with Crippen molar-refractivity contribution >= 4 is 50.6 Å². The number of amides is 1. The Balaban J connectivity index is 1.96. The number of benzene rings is 3. The molecule has 3 aromatic carbocycles. The molecular formula is C20H14Cl2N2O4S. The second-order valence-corrected chi connectivity index (χ2v) is 8.52. The first-order valence-corrected chi connectivity index (χ1v) is 10.4. The van der Waals surface area contributed by atoms with Gasteiger partial charge < -0.3 is 5.73 Å². The van der Waals surface area contributed by atoms with Gasteiger partial charge in [-0.3, -0.25) is 14.3 Å². The average molecular weight is 449 g/mol. The van der Waals surface area contributed by atoms with Gasteiger partial charge in [-0.05, 0) is 54.6 Å². The largest absolute Gasteiger partial charge is 0.366 e. The third-order valence-electron chi connectivity index (χ3n) is 4.04. The number of hydrogen-bond donors (Lipinski definition) is 2. The lowest BCUT2D eigenvalue weighted by molar-refractivity contribution is 0.0998. The molecule has 0 saturated carbocycles. The van der Waals surface area contributed by atoms with E-state index in [2.05, 4.69) is 4.72 Å². The van der Waals surface area contributed by atoms with E-state index in [1.807, 2.05) is 0 Å². The number of para-hydroxylation sites is 1. The fourth-order valence-corrected chi connectivity index (χ4v) is 4.16. The van der Waals surface area contributed by atoms with Crippen LogP contribution in [0.3, 0.4) is 0 Å². The molecule has 1 amide bonds. The monoisotopic (exact) mass is 448 g/mol. The van der Waals surface area contributed by atoms with Crippen LogP contribution in [0.25, 0.3) is 0 Å².